The van der Waals surface area contributed by atoms with Crippen molar-refractivity contribution in [3.8, 4) is 5.75 Å². The van der Waals surface area contributed by atoms with Crippen LogP contribution in [0.4, 0.5) is 0 Å². The molecule has 0 fully saturated rings. The molecule has 1 N–H and O–H groups in total. The van der Waals surface area contributed by atoms with Gasteiger partial charge in [0.25, 0.3) is 0 Å². The molecule has 0 aliphatic carbocycles. The van der Waals surface area contributed by atoms with Gasteiger partial charge in [-0.3, -0.25) is 0 Å². The lowest BCUT2D eigenvalue weighted by atomic mass is 9.83. The summed E-state index contributed by atoms with van der Waals surface area (Å²) < 4.78 is 0. The third-order valence-corrected chi connectivity index (χ3v) is 3.65. The largest absolute Gasteiger partial charge is 0.508 e. The maximum Gasteiger partial charge on any atom is 0.115 e. The van der Waals surface area contributed by atoms with E-state index in [0.29, 0.717) is 11.7 Å². The maximum absolute atomic E-state index is 9.28. The van der Waals surface area contributed by atoms with E-state index in [4.69, 9.17) is 0 Å². The minimum absolute atomic E-state index is 0.357. The molecular weight excluding hydrogens is 196 g/mol. The summed E-state index contributed by atoms with van der Waals surface area (Å²) in [4.78, 5) is 0. The first-order valence-electron chi connectivity index (χ1n) is 6.33. The van der Waals surface area contributed by atoms with Crippen molar-refractivity contribution in [2.45, 2.75) is 46.5 Å². The number of phenols is 1. The van der Waals surface area contributed by atoms with Crippen molar-refractivity contribution in [2.24, 2.45) is 11.8 Å². The third-order valence-electron chi connectivity index (χ3n) is 3.65. The van der Waals surface area contributed by atoms with Gasteiger partial charge in [0, 0.05) is 0 Å². The molecule has 0 aliphatic heterocycles. The highest BCUT2D eigenvalue weighted by molar-refractivity contribution is 5.28. The molecule has 0 aliphatic rings. The van der Waals surface area contributed by atoms with Crippen LogP contribution in [0.3, 0.4) is 0 Å². The molecule has 0 spiro atoms. The van der Waals surface area contributed by atoms with E-state index in [1.54, 1.807) is 12.1 Å². The van der Waals surface area contributed by atoms with Crippen LogP contribution in [-0.2, 0) is 0 Å². The lowest BCUT2D eigenvalue weighted by Crippen LogP contribution is -2.09. The first-order valence-corrected chi connectivity index (χ1v) is 6.33. The molecule has 0 saturated heterocycles. The second-order valence-electron chi connectivity index (χ2n) is 5.15. The van der Waals surface area contributed by atoms with Gasteiger partial charge >= 0.3 is 0 Å². The summed E-state index contributed by atoms with van der Waals surface area (Å²) in [6.07, 6.45) is 2.40. The maximum atomic E-state index is 9.28. The van der Waals surface area contributed by atoms with Crippen LogP contribution in [0.1, 0.15) is 52.0 Å². The molecule has 1 heteroatoms. The summed E-state index contributed by atoms with van der Waals surface area (Å²) in [5.41, 5.74) is 1.35. The molecule has 2 unspecified atom stereocenters. The number of hydrogen-bond donors (Lipinski definition) is 1. The Morgan fingerprint density at radius 2 is 1.62 bits per heavy atom. The molecule has 0 amide bonds. The highest BCUT2D eigenvalue weighted by atomic mass is 16.3. The van der Waals surface area contributed by atoms with Gasteiger partial charge in [-0.25, -0.2) is 0 Å². The van der Waals surface area contributed by atoms with Gasteiger partial charge < -0.3 is 5.11 Å². The molecule has 16 heavy (non-hydrogen) atoms. The van der Waals surface area contributed by atoms with Gasteiger partial charge in [0.05, 0.1) is 0 Å². The van der Waals surface area contributed by atoms with Gasteiger partial charge in [-0.15, -0.1) is 0 Å². The Bertz CT molecular complexity index is 300. The normalized spacial score (nSPS) is 15.1. The van der Waals surface area contributed by atoms with Crippen LogP contribution in [-0.4, -0.2) is 5.11 Å². The van der Waals surface area contributed by atoms with E-state index in [1.807, 2.05) is 0 Å². The lowest BCUT2D eigenvalue weighted by molar-refractivity contribution is 0.356. The van der Waals surface area contributed by atoms with Gasteiger partial charge in [-0.2, -0.15) is 0 Å². The summed E-state index contributed by atoms with van der Waals surface area (Å²) in [7, 11) is 0. The number of hydrogen-bond acceptors (Lipinski definition) is 1. The van der Waals surface area contributed by atoms with Crippen molar-refractivity contribution in [1.29, 1.82) is 0 Å². The number of benzene rings is 1. The number of rotatable bonds is 5. The zero-order valence-electron chi connectivity index (χ0n) is 10.9. The molecule has 1 rings (SSSR count). The van der Waals surface area contributed by atoms with E-state index in [9.17, 15) is 5.11 Å². The van der Waals surface area contributed by atoms with Gasteiger partial charge in [-0.05, 0) is 48.3 Å². The van der Waals surface area contributed by atoms with E-state index in [2.05, 4.69) is 39.8 Å². The molecule has 1 aromatic carbocycles. The Balaban J connectivity index is 2.70. The highest BCUT2D eigenvalue weighted by Gasteiger charge is 2.15. The van der Waals surface area contributed by atoms with Crippen LogP contribution in [0.2, 0.25) is 0 Å². The molecule has 0 aromatic heterocycles. The minimum atomic E-state index is 0.357. The second kappa shape index (κ2) is 5.93. The van der Waals surface area contributed by atoms with Crippen LogP contribution < -0.4 is 0 Å². The molecule has 1 nitrogen and oxygen atoms in total. The average molecular weight is 220 g/mol. The molecule has 90 valence electrons. The van der Waals surface area contributed by atoms with E-state index in [-0.39, 0.29) is 0 Å². The van der Waals surface area contributed by atoms with Crippen molar-refractivity contribution < 1.29 is 5.11 Å². The molecule has 1 aromatic rings. The van der Waals surface area contributed by atoms with Crippen molar-refractivity contribution >= 4 is 0 Å². The number of phenolic OH excluding ortho intramolecular Hbond substituents is 1. The quantitative estimate of drug-likeness (QED) is 0.770. The molecule has 2 atom stereocenters. The second-order valence-corrected chi connectivity index (χ2v) is 5.15. The van der Waals surface area contributed by atoms with Crippen molar-refractivity contribution in [3.63, 3.8) is 0 Å². The van der Waals surface area contributed by atoms with Crippen LogP contribution in [0.25, 0.3) is 0 Å². The Labute approximate surface area is 99.5 Å². The summed E-state index contributed by atoms with van der Waals surface area (Å²) in [6.45, 7) is 9.14. The molecule has 0 radical (unpaired) electrons. The molecule has 0 saturated carbocycles. The van der Waals surface area contributed by atoms with Gasteiger partial charge in [0.2, 0.25) is 0 Å². The standard InChI is InChI=1S/C15H24O/c1-5-13(10-12(4)11(2)3)14-6-8-15(16)9-7-14/h6-9,11-13,16H,5,10H2,1-4H3. The smallest absolute Gasteiger partial charge is 0.115 e. The van der Waals surface area contributed by atoms with E-state index < -0.39 is 0 Å². The summed E-state index contributed by atoms with van der Waals surface area (Å²) >= 11 is 0. The van der Waals surface area contributed by atoms with Crippen LogP contribution >= 0.6 is 0 Å². The minimum Gasteiger partial charge on any atom is -0.508 e. The fourth-order valence-electron chi connectivity index (χ4n) is 2.01. The van der Waals surface area contributed by atoms with E-state index in [0.717, 1.165) is 11.8 Å². The van der Waals surface area contributed by atoms with Gasteiger partial charge in [0.15, 0.2) is 0 Å². The molecule has 0 bridgehead atoms. The summed E-state index contributed by atoms with van der Waals surface area (Å²) in [6, 6.07) is 7.68. The topological polar surface area (TPSA) is 20.2 Å². The Morgan fingerprint density at radius 1 is 1.06 bits per heavy atom. The molecule has 0 heterocycles. The monoisotopic (exact) mass is 220 g/mol. The predicted octanol–water partition coefficient (Wildman–Crippen LogP) is 4.57. The third kappa shape index (κ3) is 3.55. The van der Waals surface area contributed by atoms with Gasteiger partial charge in [-0.1, -0.05) is 39.8 Å². The number of aromatic hydroxyl groups is 1. The highest BCUT2D eigenvalue weighted by Crippen LogP contribution is 2.30. The van der Waals surface area contributed by atoms with Crippen LogP contribution in [0, 0.1) is 11.8 Å². The predicted molar refractivity (Wildman–Crippen MR) is 69.8 cm³/mol. The van der Waals surface area contributed by atoms with Crippen LogP contribution in [0.5, 0.6) is 5.75 Å². The SMILES string of the molecule is CCC(CC(C)C(C)C)c1ccc(O)cc1. The first kappa shape index (κ1) is 13.1. The van der Waals surface area contributed by atoms with Crippen molar-refractivity contribution in [1.82, 2.24) is 0 Å². The first-order chi connectivity index (χ1) is 7.54. The molecular formula is C15H24O. The fraction of sp³-hybridized carbons (Fsp3) is 0.600. The Kier molecular flexibility index (Phi) is 4.85. The summed E-state index contributed by atoms with van der Waals surface area (Å²) in [5, 5.41) is 9.28. The van der Waals surface area contributed by atoms with Crippen molar-refractivity contribution in [2.75, 3.05) is 0 Å². The zero-order chi connectivity index (χ0) is 12.1. The van der Waals surface area contributed by atoms with E-state index >= 15 is 0 Å². The van der Waals surface area contributed by atoms with Gasteiger partial charge in [0.1, 0.15) is 5.75 Å². The Morgan fingerprint density at radius 3 is 2.06 bits per heavy atom. The summed E-state index contributed by atoms with van der Waals surface area (Å²) in [5.74, 6) is 2.47. The van der Waals surface area contributed by atoms with Crippen LogP contribution in [0.15, 0.2) is 24.3 Å². The van der Waals surface area contributed by atoms with Crippen molar-refractivity contribution in [3.05, 3.63) is 29.8 Å². The fourth-order valence-corrected chi connectivity index (χ4v) is 2.01. The average Bonchev–Trinajstić information content (AvgIpc) is 2.26. The van der Waals surface area contributed by atoms with E-state index in [1.165, 1.54) is 18.4 Å². The Hall–Kier alpha value is -0.980. The zero-order valence-corrected chi connectivity index (χ0v) is 10.9. The lowest BCUT2D eigenvalue weighted by Gasteiger charge is -2.22.